The van der Waals surface area contributed by atoms with Gasteiger partial charge >= 0.3 is 126 Å². The molecule has 7 aromatic rings. The van der Waals surface area contributed by atoms with E-state index in [1.165, 1.54) is 27.8 Å². The molecule has 0 fully saturated rings. The van der Waals surface area contributed by atoms with Crippen molar-refractivity contribution in [3.8, 4) is 33.8 Å². The van der Waals surface area contributed by atoms with Crippen molar-refractivity contribution in [1.29, 1.82) is 0 Å². The number of aromatic nitrogens is 3. The Morgan fingerprint density at radius 3 is 2.13 bits per heavy atom. The van der Waals surface area contributed by atoms with Gasteiger partial charge in [0.05, 0.1) is 11.3 Å². The maximum atomic E-state index is 6.32. The topological polar surface area (TPSA) is 51.8 Å². The first-order valence-electron chi connectivity index (χ1n) is 18.1. The fraction of sp³-hybridized carbons (Fsp3) is 0.283. The van der Waals surface area contributed by atoms with Gasteiger partial charge < -0.3 is 9.40 Å². The molecule has 7 rings (SSSR count). The summed E-state index contributed by atoms with van der Waals surface area (Å²) in [5.41, 5.74) is 12.6. The Morgan fingerprint density at radius 1 is 0.712 bits per heavy atom. The Hall–Kier alpha value is -3.90. The third-order valence-corrected chi connectivity index (χ3v) is 13.5. The quantitative estimate of drug-likeness (QED) is 0.113. The van der Waals surface area contributed by atoms with Gasteiger partial charge in [0.25, 0.3) is 0 Å². The van der Waals surface area contributed by atoms with E-state index < -0.39 is 13.3 Å². The van der Waals surface area contributed by atoms with E-state index in [-0.39, 0.29) is 20.1 Å². The normalized spacial score (nSPS) is 11.5. The summed E-state index contributed by atoms with van der Waals surface area (Å²) in [7, 11) is 0. The van der Waals surface area contributed by atoms with Crippen LogP contribution in [0.25, 0.3) is 55.8 Å². The molecule has 1 radical (unpaired) electrons. The predicted octanol–water partition coefficient (Wildman–Crippen LogP) is 11.6. The van der Waals surface area contributed by atoms with Gasteiger partial charge in [-0.25, -0.2) is 4.98 Å². The van der Waals surface area contributed by atoms with E-state index in [0.29, 0.717) is 17.5 Å². The minimum atomic E-state index is -1.86. The van der Waals surface area contributed by atoms with Gasteiger partial charge in [-0.05, 0) is 61.2 Å². The van der Waals surface area contributed by atoms with Crippen LogP contribution in [0.4, 0.5) is 0 Å². The summed E-state index contributed by atoms with van der Waals surface area (Å²) in [6.45, 7) is 13.3. The van der Waals surface area contributed by atoms with Crippen LogP contribution in [0.5, 0.6) is 0 Å². The molecule has 0 N–H and O–H groups in total. The largest absolute Gasteiger partial charge is 0.486 e. The van der Waals surface area contributed by atoms with E-state index in [0.717, 1.165) is 57.4 Å². The van der Waals surface area contributed by atoms with Gasteiger partial charge in [-0.2, -0.15) is 0 Å². The second-order valence-electron chi connectivity index (χ2n) is 15.5. The maximum absolute atomic E-state index is 6.32. The minimum absolute atomic E-state index is 0. The molecule has 0 aliphatic carbocycles. The van der Waals surface area contributed by atoms with E-state index in [2.05, 4.69) is 137 Å². The van der Waals surface area contributed by atoms with Crippen LogP contribution in [0.3, 0.4) is 0 Å². The molecule has 3 aromatic carbocycles. The zero-order chi connectivity index (χ0) is 36.3. The van der Waals surface area contributed by atoms with Gasteiger partial charge in [-0.3, -0.25) is 0 Å². The Labute approximate surface area is 326 Å². The smallest absolute Gasteiger partial charge is 0.216 e. The predicted molar refractivity (Wildman–Crippen MR) is 217 cm³/mol. The number of fused-ring (bicyclic) bond motifs is 3. The standard InChI is InChI=1S/C28H25N2O.C18H24GeN.Ir/c1-17(2)15-20-13-14-29-25(16-20)23-10-6-9-21-22-11-12-24(30-28(22)31-27(21)23)26-18(3)7-5-8-19(26)4;1-14(2)11-16-12-18(15-9-7-6-8-10-15)20-13-17(16)19(3,4)5;/h5-9,11-14,16-17H,15H2,1-4H3;6-9,12-14H,11H2,1-5H3;/q2*-1;. The summed E-state index contributed by atoms with van der Waals surface area (Å²) in [5.74, 6) is 8.58. The van der Waals surface area contributed by atoms with Gasteiger partial charge in [0.15, 0.2) is 0 Å². The van der Waals surface area contributed by atoms with Crippen LogP contribution < -0.4 is 4.40 Å². The van der Waals surface area contributed by atoms with Gasteiger partial charge in [-0.1, -0.05) is 54.6 Å². The number of pyridine rings is 3. The van der Waals surface area contributed by atoms with Gasteiger partial charge in [0, 0.05) is 37.3 Å². The van der Waals surface area contributed by atoms with E-state index in [9.17, 15) is 0 Å². The average Bonchev–Trinajstić information content (AvgIpc) is 3.46. The first kappa shape index (κ1) is 39.3. The zero-order valence-corrected chi connectivity index (χ0v) is 36.4. The molecule has 0 saturated carbocycles. The van der Waals surface area contributed by atoms with E-state index in [1.54, 1.807) is 4.40 Å². The SMILES string of the molecule is CC(C)Cc1cc(-c2[c-]cccc2)nc[c]1[Ge]([CH3])([CH3])[CH3].Cc1cccc(C)c1-c1ccc2c(n1)oc1c(-c3cc(CC(C)C)ccn3)[c-]ccc12.[Ir]. The molecule has 4 aromatic heterocycles. The first-order valence-corrected chi connectivity index (χ1v) is 25.5. The zero-order valence-electron chi connectivity index (χ0n) is 31.9. The summed E-state index contributed by atoms with van der Waals surface area (Å²) < 4.78 is 7.86. The Morgan fingerprint density at radius 2 is 1.46 bits per heavy atom. The fourth-order valence-electron chi connectivity index (χ4n) is 6.86. The summed E-state index contributed by atoms with van der Waals surface area (Å²) in [6.07, 6.45) is 6.17. The summed E-state index contributed by atoms with van der Waals surface area (Å²) in [4.78, 5) is 14.2. The number of hydrogen-bond acceptors (Lipinski definition) is 4. The van der Waals surface area contributed by atoms with Crippen molar-refractivity contribution >= 4 is 39.7 Å². The van der Waals surface area contributed by atoms with Crippen molar-refractivity contribution in [2.45, 2.75) is 71.7 Å². The van der Waals surface area contributed by atoms with Crippen molar-refractivity contribution in [2.75, 3.05) is 0 Å². The van der Waals surface area contributed by atoms with Crippen molar-refractivity contribution in [1.82, 2.24) is 15.0 Å². The average molecular weight is 925 g/mol. The van der Waals surface area contributed by atoms with Crippen molar-refractivity contribution < 1.29 is 24.5 Å². The van der Waals surface area contributed by atoms with E-state index in [4.69, 9.17) is 14.4 Å². The van der Waals surface area contributed by atoms with Crippen molar-refractivity contribution in [3.05, 3.63) is 132 Å². The molecular weight excluding hydrogens is 875 g/mol. The Balaban J connectivity index is 0.000000217. The van der Waals surface area contributed by atoms with Crippen LogP contribution in [0.15, 0.2) is 102 Å². The summed E-state index contributed by atoms with van der Waals surface area (Å²) >= 11 is -1.86. The monoisotopic (exact) mass is 926 g/mol. The summed E-state index contributed by atoms with van der Waals surface area (Å²) in [6, 6.07) is 35.7. The number of aryl methyl sites for hydroxylation is 2. The number of benzene rings is 3. The summed E-state index contributed by atoms with van der Waals surface area (Å²) in [5, 5.41) is 2.05. The number of nitrogens with zero attached hydrogens (tertiary/aromatic N) is 3. The van der Waals surface area contributed by atoms with E-state index in [1.807, 2.05) is 36.5 Å². The number of rotatable bonds is 8. The number of furan rings is 1. The maximum Gasteiger partial charge on any atom is 0.216 e. The van der Waals surface area contributed by atoms with Crippen LogP contribution in [0, 0.1) is 37.8 Å². The Bertz CT molecular complexity index is 2270. The van der Waals surface area contributed by atoms with Crippen LogP contribution in [-0.4, -0.2) is 28.2 Å². The second kappa shape index (κ2) is 16.8. The molecule has 0 aliphatic heterocycles. The van der Waals surface area contributed by atoms with Crippen molar-refractivity contribution in [3.63, 3.8) is 0 Å². The van der Waals surface area contributed by atoms with Crippen LogP contribution in [-0.2, 0) is 32.9 Å². The fourth-order valence-corrected chi connectivity index (χ4v) is 10.2. The molecule has 0 bridgehead atoms. The van der Waals surface area contributed by atoms with Crippen molar-refractivity contribution in [2.24, 2.45) is 11.8 Å². The molecule has 0 saturated heterocycles. The number of hydrogen-bond donors (Lipinski definition) is 0. The molecule has 0 spiro atoms. The molecule has 269 valence electrons. The third-order valence-electron chi connectivity index (χ3n) is 9.17. The van der Waals surface area contributed by atoms with E-state index >= 15 is 0 Å². The van der Waals surface area contributed by atoms with Crippen LogP contribution in [0.2, 0.25) is 17.3 Å². The molecule has 4 heterocycles. The first-order chi connectivity index (χ1) is 24.4. The molecular formula is C46H49GeIrN3O-2. The minimum Gasteiger partial charge on any atom is -0.486 e. The molecule has 6 heteroatoms. The molecule has 0 unspecified atom stereocenters. The van der Waals surface area contributed by atoms with Gasteiger partial charge in [-0.15, -0.1) is 18.2 Å². The molecule has 4 nitrogen and oxygen atoms in total. The Kier molecular flexibility index (Phi) is 12.7. The van der Waals surface area contributed by atoms with Crippen LogP contribution in [0.1, 0.15) is 49.9 Å². The third kappa shape index (κ3) is 9.00. The molecule has 0 atom stereocenters. The van der Waals surface area contributed by atoms with Gasteiger partial charge in [0.2, 0.25) is 5.71 Å². The molecule has 0 aliphatic rings. The van der Waals surface area contributed by atoms with Gasteiger partial charge in [0.1, 0.15) is 0 Å². The van der Waals surface area contributed by atoms with Crippen LogP contribution >= 0.6 is 0 Å². The molecule has 0 amide bonds. The molecule has 52 heavy (non-hydrogen) atoms. The second-order valence-corrected chi connectivity index (χ2v) is 26.1.